The maximum Gasteiger partial charge on any atom is 0.251 e. The fraction of sp³-hybridized carbons (Fsp3) is 0.300. The molecular formula is C10H13NO3. The Balaban J connectivity index is 2.70. The Morgan fingerprint density at radius 2 is 2.29 bits per heavy atom. The molecule has 1 atom stereocenters. The second-order valence-electron chi connectivity index (χ2n) is 3.11. The largest absolute Gasteiger partial charge is 0.508 e. The van der Waals surface area contributed by atoms with Crippen molar-refractivity contribution in [2.45, 2.75) is 13.0 Å². The van der Waals surface area contributed by atoms with E-state index in [1.54, 1.807) is 19.1 Å². The van der Waals surface area contributed by atoms with E-state index in [1.807, 2.05) is 0 Å². The minimum atomic E-state index is -0.303. The van der Waals surface area contributed by atoms with Gasteiger partial charge >= 0.3 is 0 Å². The zero-order valence-electron chi connectivity index (χ0n) is 7.90. The van der Waals surface area contributed by atoms with Crippen molar-refractivity contribution in [3.8, 4) is 5.75 Å². The fourth-order valence-electron chi connectivity index (χ4n) is 1.000. The van der Waals surface area contributed by atoms with Crippen LogP contribution < -0.4 is 5.32 Å². The highest BCUT2D eigenvalue weighted by Gasteiger charge is 2.08. The van der Waals surface area contributed by atoms with E-state index in [0.29, 0.717) is 5.56 Å². The van der Waals surface area contributed by atoms with Crippen molar-refractivity contribution in [1.29, 1.82) is 0 Å². The van der Waals surface area contributed by atoms with Crippen LogP contribution in [0.15, 0.2) is 24.3 Å². The predicted octanol–water partition coefficient (Wildman–Crippen LogP) is 0.503. The Kier molecular flexibility index (Phi) is 3.48. The molecule has 0 bridgehead atoms. The summed E-state index contributed by atoms with van der Waals surface area (Å²) in [6, 6.07) is 5.77. The van der Waals surface area contributed by atoms with Gasteiger partial charge in [-0.3, -0.25) is 4.79 Å². The predicted molar refractivity (Wildman–Crippen MR) is 52.1 cm³/mol. The van der Waals surface area contributed by atoms with Crippen molar-refractivity contribution in [1.82, 2.24) is 5.32 Å². The lowest BCUT2D eigenvalue weighted by atomic mass is 10.2. The minimum absolute atomic E-state index is 0.0503. The highest BCUT2D eigenvalue weighted by atomic mass is 16.3. The molecule has 0 saturated carbocycles. The van der Waals surface area contributed by atoms with Crippen LogP contribution in [0.1, 0.15) is 17.3 Å². The average Bonchev–Trinajstić information content (AvgIpc) is 2.17. The van der Waals surface area contributed by atoms with Crippen molar-refractivity contribution in [2.75, 3.05) is 6.61 Å². The van der Waals surface area contributed by atoms with Crippen molar-refractivity contribution in [3.63, 3.8) is 0 Å². The number of carbonyl (C=O) groups is 1. The first-order valence-corrected chi connectivity index (χ1v) is 4.34. The molecule has 0 aliphatic heterocycles. The van der Waals surface area contributed by atoms with Gasteiger partial charge in [-0.2, -0.15) is 0 Å². The lowest BCUT2D eigenvalue weighted by Gasteiger charge is -2.10. The van der Waals surface area contributed by atoms with Crippen LogP contribution in [-0.4, -0.2) is 28.8 Å². The third-order valence-electron chi connectivity index (χ3n) is 1.76. The molecule has 1 aromatic carbocycles. The number of amides is 1. The first kappa shape index (κ1) is 10.5. The van der Waals surface area contributed by atoms with E-state index >= 15 is 0 Å². The van der Waals surface area contributed by atoms with Gasteiger partial charge in [0.1, 0.15) is 5.75 Å². The van der Waals surface area contributed by atoms with Crippen LogP contribution in [0.5, 0.6) is 5.75 Å². The summed E-state index contributed by atoms with van der Waals surface area (Å²) in [6.07, 6.45) is 0. The standard InChI is InChI=1S/C10H13NO3/c1-7(6-12)11-10(14)8-3-2-4-9(13)5-8/h2-5,7,12-13H,6H2,1H3,(H,11,14)/t7-/m1/s1. The van der Waals surface area contributed by atoms with Crippen LogP contribution in [0.2, 0.25) is 0 Å². The van der Waals surface area contributed by atoms with Crippen molar-refractivity contribution in [2.24, 2.45) is 0 Å². The summed E-state index contributed by atoms with van der Waals surface area (Å²) in [7, 11) is 0. The number of hydrogen-bond donors (Lipinski definition) is 3. The Morgan fingerprint density at radius 1 is 1.57 bits per heavy atom. The molecule has 1 amide bonds. The van der Waals surface area contributed by atoms with Gasteiger partial charge in [-0.1, -0.05) is 6.07 Å². The normalized spacial score (nSPS) is 12.1. The van der Waals surface area contributed by atoms with Gasteiger partial charge in [-0.15, -0.1) is 0 Å². The minimum Gasteiger partial charge on any atom is -0.508 e. The number of hydrogen-bond acceptors (Lipinski definition) is 3. The molecule has 0 unspecified atom stereocenters. The van der Waals surface area contributed by atoms with E-state index in [-0.39, 0.29) is 24.3 Å². The molecule has 0 spiro atoms. The zero-order valence-corrected chi connectivity index (χ0v) is 7.90. The number of aliphatic hydroxyl groups is 1. The number of aromatic hydroxyl groups is 1. The van der Waals surface area contributed by atoms with Crippen LogP contribution in [0, 0.1) is 0 Å². The van der Waals surface area contributed by atoms with Gasteiger partial charge in [0.2, 0.25) is 0 Å². The van der Waals surface area contributed by atoms with Crippen LogP contribution in [-0.2, 0) is 0 Å². The fourth-order valence-corrected chi connectivity index (χ4v) is 1.000. The molecule has 1 rings (SSSR count). The third kappa shape index (κ3) is 2.74. The molecule has 0 saturated heterocycles. The van der Waals surface area contributed by atoms with E-state index in [9.17, 15) is 4.79 Å². The topological polar surface area (TPSA) is 69.6 Å². The van der Waals surface area contributed by atoms with Crippen molar-refractivity contribution < 1.29 is 15.0 Å². The van der Waals surface area contributed by atoms with Crippen LogP contribution >= 0.6 is 0 Å². The molecule has 4 nitrogen and oxygen atoms in total. The SMILES string of the molecule is C[C@H](CO)NC(=O)c1cccc(O)c1. The molecule has 4 heteroatoms. The lowest BCUT2D eigenvalue weighted by Crippen LogP contribution is -2.34. The molecule has 14 heavy (non-hydrogen) atoms. The number of benzene rings is 1. The monoisotopic (exact) mass is 195 g/mol. The van der Waals surface area contributed by atoms with Gasteiger partial charge in [-0.05, 0) is 25.1 Å². The summed E-state index contributed by atoms with van der Waals surface area (Å²) in [4.78, 5) is 11.4. The smallest absolute Gasteiger partial charge is 0.251 e. The molecular weight excluding hydrogens is 182 g/mol. The summed E-state index contributed by atoms with van der Waals surface area (Å²) < 4.78 is 0. The van der Waals surface area contributed by atoms with Gasteiger partial charge in [0.05, 0.1) is 6.61 Å². The van der Waals surface area contributed by atoms with E-state index in [2.05, 4.69) is 5.32 Å². The van der Waals surface area contributed by atoms with Gasteiger partial charge < -0.3 is 15.5 Å². The summed E-state index contributed by atoms with van der Waals surface area (Å²) >= 11 is 0. The second kappa shape index (κ2) is 4.62. The quantitative estimate of drug-likeness (QED) is 0.658. The van der Waals surface area contributed by atoms with Crippen molar-refractivity contribution in [3.05, 3.63) is 29.8 Å². The van der Waals surface area contributed by atoms with E-state index in [0.717, 1.165) is 0 Å². The van der Waals surface area contributed by atoms with Gasteiger partial charge in [0, 0.05) is 11.6 Å². The molecule has 3 N–H and O–H groups in total. The summed E-state index contributed by atoms with van der Waals surface area (Å²) in [6.45, 7) is 1.59. The molecule has 0 fully saturated rings. The Labute approximate surface area is 82.2 Å². The van der Waals surface area contributed by atoms with Gasteiger partial charge in [-0.25, -0.2) is 0 Å². The second-order valence-corrected chi connectivity index (χ2v) is 3.11. The van der Waals surface area contributed by atoms with E-state index < -0.39 is 0 Å². The van der Waals surface area contributed by atoms with E-state index in [1.165, 1.54) is 12.1 Å². The number of rotatable bonds is 3. The summed E-state index contributed by atoms with van der Waals surface area (Å²) in [5, 5.41) is 20.4. The number of carbonyl (C=O) groups excluding carboxylic acids is 1. The number of nitrogens with one attached hydrogen (secondary N) is 1. The Bertz CT molecular complexity index is 325. The number of phenolic OH excluding ortho intramolecular Hbond substituents is 1. The zero-order chi connectivity index (χ0) is 10.6. The summed E-state index contributed by atoms with van der Waals surface area (Å²) in [5.74, 6) is -0.253. The molecule has 0 aliphatic rings. The third-order valence-corrected chi connectivity index (χ3v) is 1.76. The number of aliphatic hydroxyl groups excluding tert-OH is 1. The van der Waals surface area contributed by atoms with Crippen molar-refractivity contribution >= 4 is 5.91 Å². The molecule has 0 heterocycles. The Hall–Kier alpha value is -1.55. The number of phenols is 1. The maximum absolute atomic E-state index is 11.4. The molecule has 1 aromatic rings. The maximum atomic E-state index is 11.4. The first-order valence-electron chi connectivity index (χ1n) is 4.34. The molecule has 0 aliphatic carbocycles. The van der Waals surface area contributed by atoms with Gasteiger partial charge in [0.15, 0.2) is 0 Å². The molecule has 76 valence electrons. The van der Waals surface area contributed by atoms with Gasteiger partial charge in [0.25, 0.3) is 5.91 Å². The first-order chi connectivity index (χ1) is 6.63. The summed E-state index contributed by atoms with van der Waals surface area (Å²) in [5.41, 5.74) is 0.380. The highest BCUT2D eigenvalue weighted by Crippen LogP contribution is 2.10. The molecule has 0 aromatic heterocycles. The van der Waals surface area contributed by atoms with E-state index in [4.69, 9.17) is 10.2 Å². The Morgan fingerprint density at radius 3 is 2.86 bits per heavy atom. The molecule has 0 radical (unpaired) electrons. The lowest BCUT2D eigenvalue weighted by molar-refractivity contribution is 0.0922. The highest BCUT2D eigenvalue weighted by molar-refractivity contribution is 5.94. The average molecular weight is 195 g/mol. The van der Waals surface area contributed by atoms with Crippen LogP contribution in [0.4, 0.5) is 0 Å². The van der Waals surface area contributed by atoms with Crippen LogP contribution in [0.25, 0.3) is 0 Å². The van der Waals surface area contributed by atoms with Crippen LogP contribution in [0.3, 0.4) is 0 Å².